The summed E-state index contributed by atoms with van der Waals surface area (Å²) in [7, 11) is 0. The molecule has 120 valence electrons. The fraction of sp³-hybridized carbons (Fsp3) is 0.538. The molecule has 1 saturated heterocycles. The Balaban J connectivity index is 2.15. The molecule has 9 heteroatoms. The lowest BCUT2D eigenvalue weighted by Gasteiger charge is -2.17. The van der Waals surface area contributed by atoms with Crippen molar-refractivity contribution in [3.63, 3.8) is 0 Å². The Morgan fingerprint density at radius 3 is 2.77 bits per heavy atom. The lowest BCUT2D eigenvalue weighted by Crippen LogP contribution is -2.31. The number of aromatic nitrogens is 2. The maximum absolute atomic E-state index is 11.8. The van der Waals surface area contributed by atoms with Crippen LogP contribution in [-0.4, -0.2) is 40.3 Å². The molecule has 1 fully saturated rings. The van der Waals surface area contributed by atoms with Crippen molar-refractivity contribution in [3.8, 4) is 0 Å². The van der Waals surface area contributed by atoms with Crippen LogP contribution < -0.4 is 11.4 Å². The van der Waals surface area contributed by atoms with E-state index < -0.39 is 36.1 Å². The van der Waals surface area contributed by atoms with Crippen molar-refractivity contribution >= 4 is 17.8 Å². The molecule has 1 aromatic heterocycles. The highest BCUT2D eigenvalue weighted by Crippen LogP contribution is 2.30. The van der Waals surface area contributed by atoms with Gasteiger partial charge in [-0.3, -0.25) is 14.2 Å². The van der Waals surface area contributed by atoms with Crippen molar-refractivity contribution < 1.29 is 23.8 Å². The van der Waals surface area contributed by atoms with Crippen molar-refractivity contribution in [1.82, 2.24) is 9.55 Å². The Labute approximate surface area is 126 Å². The first-order valence-electron chi connectivity index (χ1n) is 6.67. The van der Waals surface area contributed by atoms with Crippen LogP contribution in [0.1, 0.15) is 26.5 Å². The molecule has 0 aliphatic carbocycles. The third-order valence-electron chi connectivity index (χ3n) is 3.11. The van der Waals surface area contributed by atoms with Gasteiger partial charge in [-0.05, 0) is 6.07 Å². The second-order valence-electron chi connectivity index (χ2n) is 4.86. The van der Waals surface area contributed by atoms with Crippen molar-refractivity contribution in [1.29, 1.82) is 0 Å². The van der Waals surface area contributed by atoms with Gasteiger partial charge < -0.3 is 19.9 Å². The summed E-state index contributed by atoms with van der Waals surface area (Å²) in [5, 5.41) is 0. The number of nitrogens with zero attached hydrogens (tertiary/aromatic N) is 2. The van der Waals surface area contributed by atoms with Crippen LogP contribution in [-0.2, 0) is 23.8 Å². The average Bonchev–Trinajstić information content (AvgIpc) is 2.78. The lowest BCUT2D eigenvalue weighted by molar-refractivity contribution is -0.155. The maximum atomic E-state index is 11.8. The Bertz CT molecular complexity index is 628. The zero-order chi connectivity index (χ0) is 16.3. The molecule has 2 N–H and O–H groups in total. The molecule has 3 atom stereocenters. The van der Waals surface area contributed by atoms with Crippen LogP contribution in [0.5, 0.6) is 0 Å². The molecule has 1 aliphatic heterocycles. The van der Waals surface area contributed by atoms with E-state index in [9.17, 15) is 14.4 Å². The van der Waals surface area contributed by atoms with E-state index in [1.54, 1.807) is 0 Å². The maximum Gasteiger partial charge on any atom is 0.351 e. The number of hydrogen-bond acceptors (Lipinski definition) is 8. The minimum Gasteiger partial charge on any atom is -0.463 e. The fourth-order valence-electron chi connectivity index (χ4n) is 2.20. The topological polar surface area (TPSA) is 123 Å². The first-order valence-corrected chi connectivity index (χ1v) is 6.67. The molecule has 9 nitrogen and oxygen atoms in total. The van der Waals surface area contributed by atoms with Gasteiger partial charge >= 0.3 is 17.6 Å². The van der Waals surface area contributed by atoms with E-state index in [-0.39, 0.29) is 18.8 Å². The number of anilines is 1. The van der Waals surface area contributed by atoms with Gasteiger partial charge in [0.05, 0.1) is 0 Å². The number of carbonyl (C=O) groups excluding carboxylic acids is 2. The van der Waals surface area contributed by atoms with Crippen molar-refractivity contribution in [2.24, 2.45) is 0 Å². The van der Waals surface area contributed by atoms with Crippen LogP contribution >= 0.6 is 0 Å². The molecule has 2 heterocycles. The normalized spacial score (nSPS) is 24.0. The predicted octanol–water partition coefficient (Wildman–Crippen LogP) is -0.392. The molecule has 0 spiro atoms. The molecular formula is C13H17N3O6. The molecule has 0 unspecified atom stereocenters. The summed E-state index contributed by atoms with van der Waals surface area (Å²) in [5.41, 5.74) is 4.87. The Kier molecular flexibility index (Phi) is 4.76. The zero-order valence-electron chi connectivity index (χ0n) is 12.2. The number of carbonyl (C=O) groups is 2. The Hall–Kier alpha value is -2.42. The zero-order valence-corrected chi connectivity index (χ0v) is 12.2. The third kappa shape index (κ3) is 3.82. The second-order valence-corrected chi connectivity index (χ2v) is 4.86. The standard InChI is InChI=1S/C13H17N3O6/c1-7(17)20-6-10-9(21-8(2)18)5-12(22-10)16-4-3-11(14)15-13(16)19/h3-4,9-10,12H,5-6H2,1-2H3,(H2,14,15,19)/t9-,10+,12+/m0/s1/i9+1,10+1. The molecule has 0 bridgehead atoms. The molecule has 1 aromatic rings. The van der Waals surface area contributed by atoms with E-state index >= 15 is 0 Å². The van der Waals surface area contributed by atoms with Gasteiger partial charge in [-0.1, -0.05) is 0 Å². The number of esters is 2. The van der Waals surface area contributed by atoms with Gasteiger partial charge in [0.25, 0.3) is 0 Å². The Morgan fingerprint density at radius 1 is 1.45 bits per heavy atom. The number of nitrogens with two attached hydrogens (primary N) is 1. The molecule has 0 amide bonds. The lowest BCUT2D eigenvalue weighted by atomic mass is 10.4. The highest BCUT2D eigenvalue weighted by Gasteiger charge is 2.39. The molecule has 2 rings (SSSR count). The summed E-state index contributed by atoms with van der Waals surface area (Å²) in [6.07, 6.45) is -0.246. The first kappa shape index (κ1) is 16.0. The molecule has 0 aromatic carbocycles. The highest BCUT2D eigenvalue weighted by molar-refractivity contribution is 5.66. The average molecular weight is 313 g/mol. The van der Waals surface area contributed by atoms with E-state index in [2.05, 4.69) is 4.98 Å². The van der Waals surface area contributed by atoms with Crippen LogP contribution in [0.25, 0.3) is 0 Å². The molecule has 0 radical (unpaired) electrons. The third-order valence-corrected chi connectivity index (χ3v) is 3.11. The van der Waals surface area contributed by atoms with E-state index in [0.717, 1.165) is 0 Å². The molecular weight excluding hydrogens is 296 g/mol. The minimum atomic E-state index is -0.675. The van der Waals surface area contributed by atoms with E-state index in [0.29, 0.717) is 0 Å². The van der Waals surface area contributed by atoms with Crippen LogP contribution in [0.4, 0.5) is 5.82 Å². The van der Waals surface area contributed by atoms with Gasteiger partial charge in [-0.15, -0.1) is 0 Å². The predicted molar refractivity (Wildman–Crippen MR) is 73.6 cm³/mol. The van der Waals surface area contributed by atoms with Crippen LogP contribution in [0.3, 0.4) is 0 Å². The summed E-state index contributed by atoms with van der Waals surface area (Å²) in [4.78, 5) is 37.5. The second kappa shape index (κ2) is 6.56. The van der Waals surface area contributed by atoms with Gasteiger partial charge in [0, 0.05) is 26.5 Å². The van der Waals surface area contributed by atoms with Gasteiger partial charge in [0.1, 0.15) is 30.9 Å². The van der Waals surface area contributed by atoms with Gasteiger partial charge in [0.15, 0.2) is 0 Å². The smallest absolute Gasteiger partial charge is 0.351 e. The van der Waals surface area contributed by atoms with Gasteiger partial charge in [-0.25, -0.2) is 4.79 Å². The number of nitrogen functional groups attached to an aromatic ring is 1. The molecule has 22 heavy (non-hydrogen) atoms. The Morgan fingerprint density at radius 2 is 2.18 bits per heavy atom. The van der Waals surface area contributed by atoms with Gasteiger partial charge in [0.2, 0.25) is 0 Å². The van der Waals surface area contributed by atoms with Crippen LogP contribution in [0.2, 0.25) is 0 Å². The van der Waals surface area contributed by atoms with Crippen LogP contribution in [0.15, 0.2) is 17.1 Å². The summed E-state index contributed by atoms with van der Waals surface area (Å²) in [6.45, 7) is 2.47. The largest absolute Gasteiger partial charge is 0.463 e. The summed E-state index contributed by atoms with van der Waals surface area (Å²) >= 11 is 0. The van der Waals surface area contributed by atoms with E-state index in [4.69, 9.17) is 19.9 Å². The number of hydrogen-bond donors (Lipinski definition) is 1. The first-order chi connectivity index (χ1) is 10.4. The van der Waals surface area contributed by atoms with Gasteiger partial charge in [-0.2, -0.15) is 4.98 Å². The van der Waals surface area contributed by atoms with E-state index in [1.165, 1.54) is 30.7 Å². The highest BCUT2D eigenvalue weighted by atomic mass is 16.7. The monoisotopic (exact) mass is 313 g/mol. The summed E-state index contributed by atoms with van der Waals surface area (Å²) < 4.78 is 17.0. The molecule has 0 saturated carbocycles. The van der Waals surface area contributed by atoms with Crippen molar-refractivity contribution in [2.75, 3.05) is 12.3 Å². The van der Waals surface area contributed by atoms with Crippen molar-refractivity contribution in [2.45, 2.75) is 38.7 Å². The van der Waals surface area contributed by atoms with Crippen LogP contribution in [0, 0.1) is 0 Å². The van der Waals surface area contributed by atoms with E-state index in [1.807, 2.05) is 0 Å². The van der Waals surface area contributed by atoms with Crippen molar-refractivity contribution in [3.05, 3.63) is 22.7 Å². The molecule has 1 aliphatic rings. The fourth-order valence-corrected chi connectivity index (χ4v) is 2.20. The SMILES string of the molecule is CC(=O)OC[13C@H]1O[C@@H](n2ccc(N)nc2=O)C[13C@@H]1OC(C)=O. The quantitative estimate of drug-likeness (QED) is 0.589. The number of rotatable bonds is 4. The summed E-state index contributed by atoms with van der Waals surface area (Å²) in [5.74, 6) is -0.850. The summed E-state index contributed by atoms with van der Waals surface area (Å²) in [6, 6.07) is 1.46. The number of ether oxygens (including phenoxy) is 3. The minimum absolute atomic E-state index is 0.0685.